The van der Waals surface area contributed by atoms with Gasteiger partial charge in [0.15, 0.2) is 5.16 Å². The van der Waals surface area contributed by atoms with E-state index in [1.54, 1.807) is 26.0 Å². The van der Waals surface area contributed by atoms with E-state index in [2.05, 4.69) is 4.98 Å². The zero-order chi connectivity index (χ0) is 22.7. The van der Waals surface area contributed by atoms with Gasteiger partial charge in [-0.15, -0.1) is 0 Å². The summed E-state index contributed by atoms with van der Waals surface area (Å²) in [6.45, 7) is 4.19. The Labute approximate surface area is 189 Å². The van der Waals surface area contributed by atoms with E-state index in [4.69, 9.17) is 4.74 Å². The Morgan fingerprint density at radius 1 is 1.09 bits per heavy atom. The minimum atomic E-state index is -0.573. The van der Waals surface area contributed by atoms with E-state index in [1.807, 2.05) is 41.0 Å². The number of esters is 1. The van der Waals surface area contributed by atoms with Gasteiger partial charge in [-0.1, -0.05) is 48.2 Å². The first kappa shape index (κ1) is 22.0. The number of halogens is 2. The Morgan fingerprint density at radius 3 is 2.62 bits per heavy atom. The summed E-state index contributed by atoms with van der Waals surface area (Å²) in [6.07, 6.45) is 0. The van der Waals surface area contributed by atoms with Crippen LogP contribution in [-0.4, -0.2) is 22.1 Å². The molecule has 0 N–H and O–H groups in total. The maximum absolute atomic E-state index is 14.5. The van der Waals surface area contributed by atoms with Crippen LogP contribution >= 0.6 is 11.8 Å². The van der Waals surface area contributed by atoms with Crippen LogP contribution in [0.4, 0.5) is 8.78 Å². The van der Waals surface area contributed by atoms with Gasteiger partial charge in [-0.2, -0.15) is 0 Å². The predicted octanol–water partition coefficient (Wildman–Crippen LogP) is 6.14. The lowest BCUT2D eigenvalue weighted by atomic mass is 10.1. The normalized spacial score (nSPS) is 11.1. The highest BCUT2D eigenvalue weighted by molar-refractivity contribution is 7.98. The van der Waals surface area contributed by atoms with Crippen molar-refractivity contribution < 1.29 is 18.3 Å². The van der Waals surface area contributed by atoms with Gasteiger partial charge < -0.3 is 9.30 Å². The number of carbonyl (C=O) groups is 1. The van der Waals surface area contributed by atoms with Gasteiger partial charge in [0.25, 0.3) is 0 Å². The second-order valence-corrected chi connectivity index (χ2v) is 8.28. The summed E-state index contributed by atoms with van der Waals surface area (Å²) in [5.41, 5.74) is 3.36. The van der Waals surface area contributed by atoms with Crippen LogP contribution in [0.3, 0.4) is 0 Å². The molecule has 0 spiro atoms. The fraction of sp³-hybridized carbons (Fsp3) is 0.200. The number of rotatable bonds is 7. The molecule has 0 aliphatic heterocycles. The topological polar surface area (TPSA) is 44.1 Å². The van der Waals surface area contributed by atoms with Gasteiger partial charge in [0.05, 0.1) is 29.7 Å². The van der Waals surface area contributed by atoms with Gasteiger partial charge in [0.1, 0.15) is 11.6 Å². The van der Waals surface area contributed by atoms with E-state index >= 15 is 0 Å². The van der Waals surface area contributed by atoms with E-state index in [-0.39, 0.29) is 17.9 Å². The molecule has 1 heterocycles. The summed E-state index contributed by atoms with van der Waals surface area (Å²) in [6, 6.07) is 17.8. The van der Waals surface area contributed by atoms with Gasteiger partial charge in [-0.3, -0.25) is 0 Å². The maximum atomic E-state index is 14.5. The summed E-state index contributed by atoms with van der Waals surface area (Å²) < 4.78 is 35.9. The SMILES string of the molecule is CCOC(=O)c1ccc2c(c1)nc(SCc1c(F)ccc(C)c1F)n2Cc1ccccc1. The van der Waals surface area contributed by atoms with E-state index < -0.39 is 17.6 Å². The van der Waals surface area contributed by atoms with Crippen LogP contribution in [0.25, 0.3) is 11.0 Å². The molecule has 164 valence electrons. The molecule has 0 saturated heterocycles. The molecule has 0 radical (unpaired) electrons. The Bertz CT molecular complexity index is 1270. The summed E-state index contributed by atoms with van der Waals surface area (Å²) in [5.74, 6) is -1.42. The van der Waals surface area contributed by atoms with Crippen molar-refractivity contribution in [1.82, 2.24) is 9.55 Å². The van der Waals surface area contributed by atoms with Crippen LogP contribution in [0.2, 0.25) is 0 Å². The third-order valence-electron chi connectivity index (χ3n) is 5.13. The lowest BCUT2D eigenvalue weighted by molar-refractivity contribution is 0.0526. The van der Waals surface area contributed by atoms with Crippen molar-refractivity contribution in [2.45, 2.75) is 31.3 Å². The van der Waals surface area contributed by atoms with Gasteiger partial charge in [-0.25, -0.2) is 18.6 Å². The van der Waals surface area contributed by atoms with Crippen LogP contribution in [0.5, 0.6) is 0 Å². The van der Waals surface area contributed by atoms with Crippen LogP contribution in [0, 0.1) is 18.6 Å². The number of ether oxygens (including phenoxy) is 1. The van der Waals surface area contributed by atoms with Gasteiger partial charge in [0, 0.05) is 11.3 Å². The minimum absolute atomic E-state index is 0.0283. The molecular weight excluding hydrogens is 430 g/mol. The standard InChI is InChI=1S/C25H22F2N2O2S/c1-3-31-24(30)18-10-12-22-21(13-18)28-25(29(22)14-17-7-5-4-6-8-17)32-15-19-20(26)11-9-16(2)23(19)27/h4-13H,3,14-15H2,1-2H3. The van der Waals surface area contributed by atoms with Crippen LogP contribution in [0.15, 0.2) is 65.8 Å². The molecule has 4 nitrogen and oxygen atoms in total. The van der Waals surface area contributed by atoms with Crippen molar-refractivity contribution >= 4 is 28.8 Å². The zero-order valence-electron chi connectivity index (χ0n) is 17.8. The molecule has 4 aromatic rings. The highest BCUT2D eigenvalue weighted by Crippen LogP contribution is 2.30. The number of fused-ring (bicyclic) bond motifs is 1. The van der Waals surface area contributed by atoms with Crippen LogP contribution < -0.4 is 0 Å². The summed E-state index contributed by atoms with van der Waals surface area (Å²) in [4.78, 5) is 16.8. The fourth-order valence-electron chi connectivity index (χ4n) is 3.46. The lowest BCUT2D eigenvalue weighted by Gasteiger charge is -2.11. The van der Waals surface area contributed by atoms with E-state index in [1.165, 1.54) is 23.9 Å². The third-order valence-corrected chi connectivity index (χ3v) is 6.14. The number of aryl methyl sites for hydroxylation is 1. The van der Waals surface area contributed by atoms with Crippen molar-refractivity contribution in [3.05, 3.63) is 94.6 Å². The monoisotopic (exact) mass is 452 g/mol. The zero-order valence-corrected chi connectivity index (χ0v) is 18.6. The number of benzene rings is 3. The Kier molecular flexibility index (Phi) is 6.55. The molecule has 0 saturated carbocycles. The number of hydrogen-bond acceptors (Lipinski definition) is 4. The molecule has 0 atom stereocenters. The number of imidazole rings is 1. The van der Waals surface area contributed by atoms with Crippen molar-refractivity contribution in [2.75, 3.05) is 6.61 Å². The Balaban J connectivity index is 1.73. The summed E-state index contributed by atoms with van der Waals surface area (Å²) >= 11 is 1.26. The van der Waals surface area contributed by atoms with Gasteiger partial charge in [0.2, 0.25) is 0 Å². The molecule has 4 rings (SSSR count). The van der Waals surface area contributed by atoms with Gasteiger partial charge in [-0.05, 0) is 49.2 Å². The summed E-state index contributed by atoms with van der Waals surface area (Å²) in [5, 5.41) is 0.616. The molecule has 0 bridgehead atoms. The Hall–Kier alpha value is -3.19. The van der Waals surface area contributed by atoms with Crippen LogP contribution in [-0.2, 0) is 17.0 Å². The second-order valence-electron chi connectivity index (χ2n) is 7.34. The number of thioether (sulfide) groups is 1. The van der Waals surface area contributed by atoms with Crippen LogP contribution in [0.1, 0.15) is 34.0 Å². The lowest BCUT2D eigenvalue weighted by Crippen LogP contribution is -2.05. The molecular formula is C25H22F2N2O2S. The third kappa shape index (κ3) is 4.53. The average Bonchev–Trinajstić information content (AvgIpc) is 3.13. The Morgan fingerprint density at radius 2 is 1.88 bits per heavy atom. The van der Waals surface area contributed by atoms with Gasteiger partial charge >= 0.3 is 5.97 Å². The quantitative estimate of drug-likeness (QED) is 0.250. The highest BCUT2D eigenvalue weighted by atomic mass is 32.2. The number of nitrogens with zero attached hydrogens (tertiary/aromatic N) is 2. The molecule has 0 aliphatic rings. The fourth-order valence-corrected chi connectivity index (χ4v) is 4.48. The van der Waals surface area contributed by atoms with Crippen molar-refractivity contribution in [3.63, 3.8) is 0 Å². The highest BCUT2D eigenvalue weighted by Gasteiger charge is 2.18. The van der Waals surface area contributed by atoms with Crippen molar-refractivity contribution in [3.8, 4) is 0 Å². The maximum Gasteiger partial charge on any atom is 0.338 e. The molecule has 0 fully saturated rings. The molecule has 1 aromatic heterocycles. The average molecular weight is 453 g/mol. The van der Waals surface area contributed by atoms with Crippen molar-refractivity contribution in [2.24, 2.45) is 0 Å². The number of aromatic nitrogens is 2. The first-order valence-corrected chi connectivity index (χ1v) is 11.2. The number of hydrogen-bond donors (Lipinski definition) is 0. The van der Waals surface area contributed by atoms with E-state index in [0.717, 1.165) is 11.1 Å². The molecule has 0 aliphatic carbocycles. The molecule has 32 heavy (non-hydrogen) atoms. The second kappa shape index (κ2) is 9.53. The molecule has 3 aromatic carbocycles. The molecule has 7 heteroatoms. The number of carbonyl (C=O) groups excluding carboxylic acids is 1. The summed E-state index contributed by atoms with van der Waals surface area (Å²) in [7, 11) is 0. The first-order chi connectivity index (χ1) is 15.5. The van der Waals surface area contributed by atoms with E-state index in [9.17, 15) is 13.6 Å². The largest absolute Gasteiger partial charge is 0.462 e. The first-order valence-electron chi connectivity index (χ1n) is 10.3. The minimum Gasteiger partial charge on any atom is -0.462 e. The molecule has 0 amide bonds. The van der Waals surface area contributed by atoms with E-state index in [0.29, 0.717) is 28.3 Å². The molecule has 0 unspecified atom stereocenters. The smallest absolute Gasteiger partial charge is 0.338 e. The predicted molar refractivity (Wildman–Crippen MR) is 122 cm³/mol. The van der Waals surface area contributed by atoms with Crippen molar-refractivity contribution in [1.29, 1.82) is 0 Å².